The van der Waals surface area contributed by atoms with Crippen LogP contribution in [0.4, 0.5) is 0 Å². The van der Waals surface area contributed by atoms with Crippen LogP contribution >= 0.6 is 22.9 Å². The van der Waals surface area contributed by atoms with Gasteiger partial charge in [-0.05, 0) is 31.9 Å². The van der Waals surface area contributed by atoms with Crippen molar-refractivity contribution in [3.8, 4) is 5.75 Å². The van der Waals surface area contributed by atoms with Crippen LogP contribution in [0, 0.1) is 0 Å². The lowest BCUT2D eigenvalue weighted by molar-refractivity contribution is 0.305. The van der Waals surface area contributed by atoms with Gasteiger partial charge < -0.3 is 10.5 Å². The van der Waals surface area contributed by atoms with Crippen molar-refractivity contribution in [3.63, 3.8) is 0 Å². The molecule has 3 nitrogen and oxygen atoms in total. The van der Waals surface area contributed by atoms with E-state index in [1.54, 1.807) is 11.3 Å². The summed E-state index contributed by atoms with van der Waals surface area (Å²) in [6, 6.07) is 7.52. The molecule has 1 aliphatic rings. The van der Waals surface area contributed by atoms with Crippen LogP contribution in [0.2, 0.25) is 5.02 Å². The number of nitrogens with zero attached hydrogens (tertiary/aromatic N) is 1. The summed E-state index contributed by atoms with van der Waals surface area (Å²) in [5, 5.41) is 1.60. The monoisotopic (exact) mass is 308 g/mol. The van der Waals surface area contributed by atoms with Gasteiger partial charge >= 0.3 is 0 Å². The van der Waals surface area contributed by atoms with Gasteiger partial charge in [0, 0.05) is 16.8 Å². The van der Waals surface area contributed by atoms with E-state index in [9.17, 15) is 0 Å². The summed E-state index contributed by atoms with van der Waals surface area (Å²) in [7, 11) is 0. The molecule has 20 heavy (non-hydrogen) atoms. The fraction of sp³-hybridized carbons (Fsp3) is 0.400. The molecule has 1 atom stereocenters. The Labute approximate surface area is 127 Å². The molecular formula is C15H17ClN2OS. The highest BCUT2D eigenvalue weighted by molar-refractivity contribution is 7.11. The van der Waals surface area contributed by atoms with Crippen LogP contribution in [0.1, 0.15) is 47.3 Å². The molecule has 0 bridgehead atoms. The Kier molecular flexibility index (Phi) is 3.96. The van der Waals surface area contributed by atoms with Crippen LogP contribution < -0.4 is 10.5 Å². The zero-order valence-electron chi connectivity index (χ0n) is 11.3. The summed E-state index contributed by atoms with van der Waals surface area (Å²) in [5.41, 5.74) is 7.22. The molecule has 1 saturated carbocycles. The first kappa shape index (κ1) is 13.9. The summed E-state index contributed by atoms with van der Waals surface area (Å²) < 4.78 is 5.75. The first-order chi connectivity index (χ1) is 9.65. The van der Waals surface area contributed by atoms with Crippen LogP contribution in [0.3, 0.4) is 0 Å². The summed E-state index contributed by atoms with van der Waals surface area (Å²) >= 11 is 7.73. The normalized spacial score (nSPS) is 16.1. The van der Waals surface area contributed by atoms with Crippen LogP contribution in [0.5, 0.6) is 5.75 Å². The molecule has 1 heterocycles. The Hall–Kier alpha value is -1.10. The standard InChI is InChI=1S/C15H17ClN2OS/c1-9(17)15-14(10-6-7-10)18-13(20-15)8-19-12-5-3-2-4-11(12)16/h2-5,9-10H,6-8,17H2,1H3. The Balaban J connectivity index is 1.75. The third-order valence-electron chi connectivity index (χ3n) is 3.29. The molecule has 2 aromatic rings. The third kappa shape index (κ3) is 2.97. The number of para-hydroxylation sites is 1. The molecule has 0 radical (unpaired) electrons. The van der Waals surface area contributed by atoms with E-state index in [-0.39, 0.29) is 6.04 Å². The number of rotatable bonds is 5. The summed E-state index contributed by atoms with van der Waals surface area (Å²) in [6.45, 7) is 2.46. The largest absolute Gasteiger partial charge is 0.485 e. The van der Waals surface area contributed by atoms with Crippen molar-refractivity contribution in [1.82, 2.24) is 4.98 Å². The van der Waals surface area contributed by atoms with Gasteiger partial charge in [-0.15, -0.1) is 11.3 Å². The van der Waals surface area contributed by atoms with Gasteiger partial charge in [0.2, 0.25) is 0 Å². The van der Waals surface area contributed by atoms with E-state index in [0.717, 1.165) is 5.01 Å². The number of aromatic nitrogens is 1. The first-order valence-corrected chi connectivity index (χ1v) is 7.97. The zero-order valence-corrected chi connectivity index (χ0v) is 12.9. The van der Waals surface area contributed by atoms with Gasteiger partial charge in [-0.3, -0.25) is 0 Å². The lowest BCUT2D eigenvalue weighted by Gasteiger charge is -2.05. The average molecular weight is 309 g/mol. The molecule has 0 aliphatic heterocycles. The van der Waals surface area contributed by atoms with Gasteiger partial charge in [0.25, 0.3) is 0 Å². The number of hydrogen-bond acceptors (Lipinski definition) is 4. The fourth-order valence-electron chi connectivity index (χ4n) is 2.13. The van der Waals surface area contributed by atoms with Crippen molar-refractivity contribution in [1.29, 1.82) is 0 Å². The molecule has 3 rings (SSSR count). The minimum Gasteiger partial charge on any atom is -0.485 e. The maximum Gasteiger partial charge on any atom is 0.140 e. The molecular weight excluding hydrogens is 292 g/mol. The number of halogens is 1. The fourth-order valence-corrected chi connectivity index (χ4v) is 3.34. The minimum atomic E-state index is 0.0390. The van der Waals surface area contributed by atoms with Gasteiger partial charge in [0.1, 0.15) is 17.4 Å². The first-order valence-electron chi connectivity index (χ1n) is 6.77. The Bertz CT molecular complexity index is 588. The number of thiazole rings is 1. The molecule has 1 aromatic carbocycles. The van der Waals surface area contributed by atoms with Crippen LogP contribution in [-0.2, 0) is 6.61 Å². The quantitative estimate of drug-likeness (QED) is 0.897. The lowest BCUT2D eigenvalue weighted by atomic mass is 10.2. The van der Waals surface area contributed by atoms with Gasteiger partial charge in [-0.2, -0.15) is 0 Å². The number of benzene rings is 1. The third-order valence-corrected chi connectivity index (χ3v) is 4.85. The van der Waals surface area contributed by atoms with E-state index in [2.05, 4.69) is 0 Å². The SMILES string of the molecule is CC(N)c1sc(COc2ccccc2Cl)nc1C1CC1. The van der Waals surface area contributed by atoms with Gasteiger partial charge in [0.15, 0.2) is 0 Å². The topological polar surface area (TPSA) is 48.1 Å². The second-order valence-electron chi connectivity index (χ2n) is 5.14. The number of ether oxygens (including phenoxy) is 1. The van der Waals surface area contributed by atoms with E-state index in [4.69, 9.17) is 27.1 Å². The predicted octanol–water partition coefficient (Wildman–Crippen LogP) is 4.27. The Morgan fingerprint density at radius 1 is 1.45 bits per heavy atom. The second kappa shape index (κ2) is 5.72. The van der Waals surface area contributed by atoms with Crippen molar-refractivity contribution in [3.05, 3.63) is 44.9 Å². The molecule has 0 saturated heterocycles. The maximum atomic E-state index is 6.08. The highest BCUT2D eigenvalue weighted by Gasteiger charge is 2.30. The summed E-state index contributed by atoms with van der Waals surface area (Å²) in [4.78, 5) is 5.91. The van der Waals surface area contributed by atoms with Crippen molar-refractivity contribution in [2.45, 2.75) is 38.3 Å². The van der Waals surface area contributed by atoms with Crippen LogP contribution in [0.25, 0.3) is 0 Å². The van der Waals surface area contributed by atoms with E-state index in [0.29, 0.717) is 23.3 Å². The number of nitrogens with two attached hydrogens (primary N) is 1. The van der Waals surface area contributed by atoms with Gasteiger partial charge in [-0.1, -0.05) is 23.7 Å². The highest BCUT2D eigenvalue weighted by Crippen LogP contribution is 2.44. The van der Waals surface area contributed by atoms with E-state index in [1.807, 2.05) is 31.2 Å². The molecule has 1 aromatic heterocycles. The molecule has 1 fully saturated rings. The molecule has 5 heteroatoms. The molecule has 1 unspecified atom stereocenters. The second-order valence-corrected chi connectivity index (χ2v) is 6.66. The van der Waals surface area contributed by atoms with Crippen molar-refractivity contribution >= 4 is 22.9 Å². The van der Waals surface area contributed by atoms with Crippen LogP contribution in [0.15, 0.2) is 24.3 Å². The Morgan fingerprint density at radius 3 is 2.85 bits per heavy atom. The van der Waals surface area contributed by atoms with Crippen LogP contribution in [-0.4, -0.2) is 4.98 Å². The highest BCUT2D eigenvalue weighted by atomic mass is 35.5. The summed E-state index contributed by atoms with van der Waals surface area (Å²) in [6.07, 6.45) is 2.46. The van der Waals surface area contributed by atoms with Gasteiger partial charge in [0.05, 0.1) is 10.7 Å². The predicted molar refractivity (Wildman–Crippen MR) is 82.5 cm³/mol. The summed E-state index contributed by atoms with van der Waals surface area (Å²) in [5.74, 6) is 1.31. The minimum absolute atomic E-state index is 0.0390. The van der Waals surface area contributed by atoms with E-state index < -0.39 is 0 Å². The molecule has 1 aliphatic carbocycles. The maximum absolute atomic E-state index is 6.08. The van der Waals surface area contributed by atoms with E-state index in [1.165, 1.54) is 23.4 Å². The van der Waals surface area contributed by atoms with Gasteiger partial charge in [-0.25, -0.2) is 4.98 Å². The number of hydrogen-bond donors (Lipinski definition) is 1. The molecule has 0 amide bonds. The van der Waals surface area contributed by atoms with Crippen molar-refractivity contribution in [2.75, 3.05) is 0 Å². The molecule has 106 valence electrons. The van der Waals surface area contributed by atoms with Crippen molar-refractivity contribution < 1.29 is 4.74 Å². The van der Waals surface area contributed by atoms with Crippen molar-refractivity contribution in [2.24, 2.45) is 5.73 Å². The molecule has 2 N–H and O–H groups in total. The smallest absolute Gasteiger partial charge is 0.140 e. The Morgan fingerprint density at radius 2 is 2.20 bits per heavy atom. The zero-order chi connectivity index (χ0) is 14.1. The van der Waals surface area contributed by atoms with E-state index >= 15 is 0 Å². The average Bonchev–Trinajstić information content (AvgIpc) is 3.18. The molecule has 0 spiro atoms. The lowest BCUT2D eigenvalue weighted by Crippen LogP contribution is -2.05.